The number of hydrogen-bond donors (Lipinski definition) is 1. The van der Waals surface area contributed by atoms with Crippen LogP contribution < -0.4 is 11.2 Å². The predicted molar refractivity (Wildman–Crippen MR) is 67.3 cm³/mol. The molecule has 6 nitrogen and oxygen atoms in total. The maximum atomic E-state index is 11.8. The minimum absolute atomic E-state index is 0.232. The Bertz CT molecular complexity index is 545. The lowest BCUT2D eigenvalue weighted by Gasteiger charge is -2.11. The van der Waals surface area contributed by atoms with E-state index in [0.717, 1.165) is 23.0 Å². The maximum Gasteiger partial charge on any atom is 0.331 e. The first-order chi connectivity index (χ1) is 8.04. The number of hydrogen-bond acceptors (Lipinski definition) is 5. The predicted octanol–water partition coefficient (Wildman–Crippen LogP) is 0.394. The molecule has 0 fully saturated rings. The van der Waals surface area contributed by atoms with E-state index in [1.165, 1.54) is 23.4 Å². The van der Waals surface area contributed by atoms with Gasteiger partial charge in [-0.05, 0) is 12.2 Å². The van der Waals surface area contributed by atoms with Gasteiger partial charge < -0.3 is 5.21 Å². The summed E-state index contributed by atoms with van der Waals surface area (Å²) < 4.78 is 2.38. The molecule has 0 aliphatic rings. The van der Waals surface area contributed by atoms with E-state index in [2.05, 4.69) is 5.16 Å². The summed E-state index contributed by atoms with van der Waals surface area (Å²) in [6, 6.07) is 0. The zero-order valence-electron chi connectivity index (χ0n) is 10.0. The van der Waals surface area contributed by atoms with E-state index in [1.807, 2.05) is 6.92 Å². The van der Waals surface area contributed by atoms with Crippen molar-refractivity contribution in [2.24, 2.45) is 19.3 Å². The average molecular weight is 257 g/mol. The van der Waals surface area contributed by atoms with Gasteiger partial charge in [0.25, 0.3) is 5.56 Å². The Hall–Kier alpha value is -1.50. The van der Waals surface area contributed by atoms with Gasteiger partial charge in [-0.3, -0.25) is 13.9 Å². The summed E-state index contributed by atoms with van der Waals surface area (Å²) in [5.74, 6) is 0.784. The van der Waals surface area contributed by atoms with Gasteiger partial charge in [-0.15, -0.1) is 11.8 Å². The molecule has 1 rings (SSSR count). The van der Waals surface area contributed by atoms with Crippen LogP contribution in [0.5, 0.6) is 0 Å². The van der Waals surface area contributed by atoms with Gasteiger partial charge in [0.1, 0.15) is 0 Å². The van der Waals surface area contributed by atoms with E-state index >= 15 is 0 Å². The Labute approximate surface area is 103 Å². The summed E-state index contributed by atoms with van der Waals surface area (Å²) in [6.07, 6.45) is 1.99. The van der Waals surface area contributed by atoms with Gasteiger partial charge in [-0.2, -0.15) is 0 Å². The molecule has 0 aliphatic heterocycles. The molecule has 0 aliphatic carbocycles. The molecule has 0 radical (unpaired) electrons. The van der Waals surface area contributed by atoms with Crippen LogP contribution >= 0.6 is 11.8 Å². The van der Waals surface area contributed by atoms with E-state index in [-0.39, 0.29) is 11.3 Å². The highest BCUT2D eigenvalue weighted by molar-refractivity contribution is 7.99. The van der Waals surface area contributed by atoms with Crippen LogP contribution in [0.15, 0.2) is 19.8 Å². The zero-order chi connectivity index (χ0) is 13.0. The van der Waals surface area contributed by atoms with E-state index in [1.54, 1.807) is 7.05 Å². The molecule has 0 saturated heterocycles. The quantitative estimate of drug-likeness (QED) is 0.278. The second-order valence-corrected chi connectivity index (χ2v) is 4.60. The third-order valence-corrected chi connectivity index (χ3v) is 3.65. The Balaban J connectivity index is 3.54. The molecule has 0 amide bonds. The first-order valence-electron chi connectivity index (χ1n) is 5.14. The fourth-order valence-corrected chi connectivity index (χ4v) is 2.36. The average Bonchev–Trinajstić information content (AvgIpc) is 2.33. The summed E-state index contributed by atoms with van der Waals surface area (Å²) in [4.78, 5) is 23.6. The molecule has 7 heteroatoms. The molecular weight excluding hydrogens is 242 g/mol. The number of rotatable bonds is 4. The fourth-order valence-electron chi connectivity index (χ4n) is 1.39. The second-order valence-electron chi connectivity index (χ2n) is 3.52. The molecule has 1 N–H and O–H groups in total. The molecule has 0 bridgehead atoms. The molecular formula is C10H15N3O3S. The summed E-state index contributed by atoms with van der Waals surface area (Å²) >= 11 is 1.40. The summed E-state index contributed by atoms with van der Waals surface area (Å²) in [7, 11) is 2.99. The molecule has 0 saturated carbocycles. The van der Waals surface area contributed by atoms with Gasteiger partial charge in [0.15, 0.2) is 0 Å². The van der Waals surface area contributed by atoms with Crippen LogP contribution in [0.25, 0.3) is 0 Å². The highest BCUT2D eigenvalue weighted by atomic mass is 32.2. The first-order valence-corrected chi connectivity index (χ1v) is 6.13. The van der Waals surface area contributed by atoms with Crippen molar-refractivity contribution in [2.45, 2.75) is 18.4 Å². The Kier molecular flexibility index (Phi) is 4.56. The Morgan fingerprint density at radius 1 is 1.35 bits per heavy atom. The minimum atomic E-state index is -0.454. The van der Waals surface area contributed by atoms with Crippen LogP contribution in [0.4, 0.5) is 0 Å². The Morgan fingerprint density at radius 3 is 2.53 bits per heavy atom. The lowest BCUT2D eigenvalue weighted by molar-refractivity contribution is 0.321. The van der Waals surface area contributed by atoms with Crippen LogP contribution in [0, 0.1) is 0 Å². The van der Waals surface area contributed by atoms with Crippen molar-refractivity contribution in [2.75, 3.05) is 5.75 Å². The van der Waals surface area contributed by atoms with Crippen molar-refractivity contribution in [3.8, 4) is 0 Å². The molecule has 0 aromatic carbocycles. The zero-order valence-corrected chi connectivity index (χ0v) is 10.8. The van der Waals surface area contributed by atoms with Crippen LogP contribution in [-0.4, -0.2) is 26.3 Å². The molecule has 1 aromatic rings. The largest absolute Gasteiger partial charge is 0.411 e. The molecule has 0 spiro atoms. The normalized spacial score (nSPS) is 11.2. The number of nitrogens with zero attached hydrogens (tertiary/aromatic N) is 3. The van der Waals surface area contributed by atoms with Gasteiger partial charge in [0.2, 0.25) is 0 Å². The van der Waals surface area contributed by atoms with Crippen LogP contribution in [0.1, 0.15) is 18.9 Å². The SMILES string of the molecule is CCCSc1c(/C=N\O)c(=O)n(C)c(=O)n1C. The third kappa shape index (κ3) is 2.60. The highest BCUT2D eigenvalue weighted by Gasteiger charge is 2.14. The maximum absolute atomic E-state index is 11.8. The van der Waals surface area contributed by atoms with Gasteiger partial charge in [0.05, 0.1) is 16.8 Å². The lowest BCUT2D eigenvalue weighted by atomic mass is 10.3. The molecule has 94 valence electrons. The number of oxime groups is 1. The molecule has 17 heavy (non-hydrogen) atoms. The number of thioether (sulfide) groups is 1. The van der Waals surface area contributed by atoms with Crippen molar-refractivity contribution >= 4 is 18.0 Å². The minimum Gasteiger partial charge on any atom is -0.411 e. The summed E-state index contributed by atoms with van der Waals surface area (Å²) in [5, 5.41) is 12.0. The van der Waals surface area contributed by atoms with Crippen LogP contribution in [0.3, 0.4) is 0 Å². The van der Waals surface area contributed by atoms with E-state index < -0.39 is 5.56 Å². The third-order valence-electron chi connectivity index (χ3n) is 2.27. The molecule has 1 aromatic heterocycles. The van der Waals surface area contributed by atoms with Crippen molar-refractivity contribution in [3.63, 3.8) is 0 Å². The summed E-state index contributed by atoms with van der Waals surface area (Å²) in [6.45, 7) is 2.01. The smallest absolute Gasteiger partial charge is 0.331 e. The van der Waals surface area contributed by atoms with Crippen molar-refractivity contribution < 1.29 is 5.21 Å². The van der Waals surface area contributed by atoms with Crippen LogP contribution in [-0.2, 0) is 14.1 Å². The van der Waals surface area contributed by atoms with E-state index in [4.69, 9.17) is 5.21 Å². The molecule has 0 unspecified atom stereocenters. The van der Waals surface area contributed by atoms with E-state index in [0.29, 0.717) is 5.03 Å². The summed E-state index contributed by atoms with van der Waals surface area (Å²) in [5.41, 5.74) is -0.608. The second kappa shape index (κ2) is 5.72. The van der Waals surface area contributed by atoms with Crippen LogP contribution in [0.2, 0.25) is 0 Å². The standard InChI is InChI=1S/C10H15N3O3S/c1-4-5-17-9-7(6-11-16)8(14)12(2)10(15)13(9)3/h6,16H,4-5H2,1-3H3/b11-6-. The lowest BCUT2D eigenvalue weighted by Crippen LogP contribution is -2.40. The fraction of sp³-hybridized carbons (Fsp3) is 0.500. The highest BCUT2D eigenvalue weighted by Crippen LogP contribution is 2.18. The molecule has 0 atom stereocenters. The van der Waals surface area contributed by atoms with Gasteiger partial charge in [0, 0.05) is 14.1 Å². The van der Waals surface area contributed by atoms with Crippen molar-refractivity contribution in [3.05, 3.63) is 26.4 Å². The monoisotopic (exact) mass is 257 g/mol. The topological polar surface area (TPSA) is 76.6 Å². The van der Waals surface area contributed by atoms with E-state index in [9.17, 15) is 9.59 Å². The van der Waals surface area contributed by atoms with Crippen molar-refractivity contribution in [1.29, 1.82) is 0 Å². The Morgan fingerprint density at radius 2 is 2.00 bits per heavy atom. The molecule has 1 heterocycles. The van der Waals surface area contributed by atoms with Gasteiger partial charge in [-0.25, -0.2) is 4.79 Å². The van der Waals surface area contributed by atoms with Gasteiger partial charge >= 0.3 is 5.69 Å². The van der Waals surface area contributed by atoms with Gasteiger partial charge in [-0.1, -0.05) is 12.1 Å². The number of aromatic nitrogens is 2. The van der Waals surface area contributed by atoms with Crippen molar-refractivity contribution in [1.82, 2.24) is 9.13 Å². The first kappa shape index (κ1) is 13.6.